The first-order chi connectivity index (χ1) is 12.5. The van der Waals surface area contributed by atoms with Crippen LogP contribution in [0.1, 0.15) is 31.2 Å². The van der Waals surface area contributed by atoms with Crippen LogP contribution in [0.5, 0.6) is 0 Å². The first-order valence-electron chi connectivity index (χ1n) is 8.52. The Labute approximate surface area is 152 Å². The summed E-state index contributed by atoms with van der Waals surface area (Å²) in [5, 5.41) is 2.86. The zero-order chi connectivity index (χ0) is 18.6. The van der Waals surface area contributed by atoms with E-state index < -0.39 is 15.8 Å². The number of nitrogens with one attached hydrogen (secondary N) is 1. The highest BCUT2D eigenvalue weighted by Gasteiger charge is 2.28. The fourth-order valence-electron chi connectivity index (χ4n) is 2.85. The van der Waals surface area contributed by atoms with Gasteiger partial charge in [0.25, 0.3) is 0 Å². The normalized spacial score (nSPS) is 16.0. The summed E-state index contributed by atoms with van der Waals surface area (Å²) in [4.78, 5) is 7.88. The van der Waals surface area contributed by atoms with E-state index in [2.05, 4.69) is 21.9 Å². The third-order valence-corrected chi connectivity index (χ3v) is 6.21. The van der Waals surface area contributed by atoms with E-state index in [9.17, 15) is 12.8 Å². The predicted octanol–water partition coefficient (Wildman–Crippen LogP) is 3.57. The van der Waals surface area contributed by atoms with E-state index in [1.807, 2.05) is 0 Å². The van der Waals surface area contributed by atoms with E-state index >= 15 is 0 Å². The number of rotatable bonds is 5. The second kappa shape index (κ2) is 7.92. The highest BCUT2D eigenvalue weighted by molar-refractivity contribution is 7.89. The monoisotopic (exact) mass is 376 g/mol. The first-order valence-corrected chi connectivity index (χ1v) is 9.96. The number of aromatic nitrogens is 2. The lowest BCUT2D eigenvalue weighted by Gasteiger charge is -2.20. The SMILES string of the molecule is C=Cc1cnc(Nc2ccc(S(=O)(=O)N3CCCCCC3)c(F)c2)nc1. The van der Waals surface area contributed by atoms with E-state index in [1.165, 1.54) is 16.4 Å². The van der Waals surface area contributed by atoms with Gasteiger partial charge in [-0.3, -0.25) is 0 Å². The van der Waals surface area contributed by atoms with Gasteiger partial charge in [0, 0.05) is 36.7 Å². The van der Waals surface area contributed by atoms with Gasteiger partial charge in [0.1, 0.15) is 10.7 Å². The molecule has 26 heavy (non-hydrogen) atoms. The highest BCUT2D eigenvalue weighted by Crippen LogP contribution is 2.25. The summed E-state index contributed by atoms with van der Waals surface area (Å²) in [5.41, 5.74) is 1.14. The van der Waals surface area contributed by atoms with E-state index in [0.717, 1.165) is 37.3 Å². The Morgan fingerprint density at radius 3 is 2.35 bits per heavy atom. The molecule has 1 aromatic heterocycles. The van der Waals surface area contributed by atoms with Crippen LogP contribution in [0.3, 0.4) is 0 Å². The second-order valence-corrected chi connectivity index (χ2v) is 8.04. The summed E-state index contributed by atoms with van der Waals surface area (Å²) in [6.07, 6.45) is 8.39. The zero-order valence-electron chi connectivity index (χ0n) is 14.4. The van der Waals surface area contributed by atoms with Crippen molar-refractivity contribution in [2.45, 2.75) is 30.6 Å². The van der Waals surface area contributed by atoms with Crippen LogP contribution in [0.4, 0.5) is 16.0 Å². The third-order valence-electron chi connectivity index (χ3n) is 4.28. The molecule has 138 valence electrons. The van der Waals surface area contributed by atoms with Crippen molar-refractivity contribution in [3.05, 3.63) is 48.6 Å². The molecular weight excluding hydrogens is 355 g/mol. The van der Waals surface area contributed by atoms with Gasteiger partial charge in [-0.2, -0.15) is 4.31 Å². The smallest absolute Gasteiger partial charge is 0.245 e. The van der Waals surface area contributed by atoms with Gasteiger partial charge in [-0.25, -0.2) is 22.8 Å². The number of hydrogen-bond acceptors (Lipinski definition) is 5. The van der Waals surface area contributed by atoms with Crippen molar-refractivity contribution in [2.75, 3.05) is 18.4 Å². The Balaban J connectivity index is 1.80. The molecule has 1 aliphatic heterocycles. The Hall–Kier alpha value is -2.32. The van der Waals surface area contributed by atoms with Crippen LogP contribution in [0.15, 0.2) is 42.1 Å². The molecule has 8 heteroatoms. The molecule has 0 atom stereocenters. The molecule has 0 saturated carbocycles. The quantitative estimate of drug-likeness (QED) is 0.863. The molecule has 3 rings (SSSR count). The first kappa shape index (κ1) is 18.5. The zero-order valence-corrected chi connectivity index (χ0v) is 15.2. The standard InChI is InChI=1S/C18H21FN4O2S/c1-2-14-12-20-18(21-13-14)22-15-7-8-17(16(19)11-15)26(24,25)23-9-5-3-4-6-10-23/h2,7-8,11-13H,1,3-6,9-10H2,(H,20,21,22). The van der Waals surface area contributed by atoms with E-state index in [1.54, 1.807) is 18.5 Å². The van der Waals surface area contributed by atoms with E-state index in [-0.39, 0.29) is 10.8 Å². The van der Waals surface area contributed by atoms with E-state index in [4.69, 9.17) is 0 Å². The van der Waals surface area contributed by atoms with Crippen LogP contribution in [0, 0.1) is 5.82 Å². The molecule has 0 bridgehead atoms. The van der Waals surface area contributed by atoms with Crippen LogP contribution in [-0.2, 0) is 10.0 Å². The van der Waals surface area contributed by atoms with Crippen LogP contribution < -0.4 is 5.32 Å². The summed E-state index contributed by atoms with van der Waals surface area (Å²) in [6, 6.07) is 3.95. The number of sulfonamides is 1. The molecule has 1 aliphatic rings. The molecule has 1 aromatic carbocycles. The van der Waals surface area contributed by atoms with Crippen molar-refractivity contribution in [1.29, 1.82) is 0 Å². The van der Waals surface area contributed by atoms with Gasteiger partial charge in [-0.15, -0.1) is 0 Å². The minimum atomic E-state index is -3.83. The van der Waals surface area contributed by atoms with Gasteiger partial charge in [-0.1, -0.05) is 25.5 Å². The highest BCUT2D eigenvalue weighted by atomic mass is 32.2. The van der Waals surface area contributed by atoms with Crippen LogP contribution in [0.2, 0.25) is 0 Å². The van der Waals surface area contributed by atoms with Crippen molar-refractivity contribution in [1.82, 2.24) is 14.3 Å². The maximum absolute atomic E-state index is 14.5. The number of benzene rings is 1. The third kappa shape index (κ3) is 4.08. The Kier molecular flexibility index (Phi) is 5.63. The molecule has 1 N–H and O–H groups in total. The van der Waals surface area contributed by atoms with Gasteiger partial charge in [-0.05, 0) is 31.0 Å². The number of anilines is 2. The summed E-state index contributed by atoms with van der Waals surface area (Å²) in [5.74, 6) is -0.500. The predicted molar refractivity (Wildman–Crippen MR) is 99.0 cm³/mol. The molecule has 2 heterocycles. The number of hydrogen-bond donors (Lipinski definition) is 1. The maximum atomic E-state index is 14.5. The van der Waals surface area contributed by atoms with Gasteiger partial charge < -0.3 is 5.32 Å². The minimum absolute atomic E-state index is 0.290. The van der Waals surface area contributed by atoms with Crippen molar-refractivity contribution >= 4 is 27.7 Å². The summed E-state index contributed by atoms with van der Waals surface area (Å²) in [6.45, 7) is 4.49. The molecule has 2 aromatic rings. The van der Waals surface area contributed by atoms with Crippen LogP contribution in [-0.4, -0.2) is 35.8 Å². The van der Waals surface area contributed by atoms with Gasteiger partial charge in [0.2, 0.25) is 16.0 Å². The maximum Gasteiger partial charge on any atom is 0.245 e. The minimum Gasteiger partial charge on any atom is -0.324 e. The number of nitrogens with zero attached hydrogens (tertiary/aromatic N) is 3. The van der Waals surface area contributed by atoms with E-state index in [0.29, 0.717) is 18.8 Å². The molecule has 6 nitrogen and oxygen atoms in total. The van der Waals surface area contributed by atoms with Crippen LogP contribution in [0.25, 0.3) is 6.08 Å². The second-order valence-electron chi connectivity index (χ2n) is 6.13. The van der Waals surface area contributed by atoms with Gasteiger partial charge >= 0.3 is 0 Å². The summed E-state index contributed by atoms with van der Waals surface area (Å²) in [7, 11) is -3.83. The number of halogens is 1. The molecule has 0 radical (unpaired) electrons. The van der Waals surface area contributed by atoms with Gasteiger partial charge in [0.15, 0.2) is 0 Å². The topological polar surface area (TPSA) is 75.2 Å². The summed E-state index contributed by atoms with van der Waals surface area (Å²) >= 11 is 0. The van der Waals surface area contributed by atoms with Crippen LogP contribution >= 0.6 is 0 Å². The molecule has 0 aliphatic carbocycles. The Bertz CT molecular complexity index is 877. The van der Waals surface area contributed by atoms with Crippen molar-refractivity contribution in [3.63, 3.8) is 0 Å². The fraction of sp³-hybridized carbons (Fsp3) is 0.333. The molecule has 1 saturated heterocycles. The summed E-state index contributed by atoms with van der Waals surface area (Å²) < 4.78 is 41.4. The van der Waals surface area contributed by atoms with Gasteiger partial charge in [0.05, 0.1) is 0 Å². The molecule has 1 fully saturated rings. The molecular formula is C18H21FN4O2S. The average molecular weight is 376 g/mol. The molecule has 0 amide bonds. The molecule has 0 unspecified atom stereocenters. The molecule has 0 spiro atoms. The van der Waals surface area contributed by atoms with Crippen molar-refractivity contribution < 1.29 is 12.8 Å². The lowest BCUT2D eigenvalue weighted by Crippen LogP contribution is -2.32. The lowest BCUT2D eigenvalue weighted by atomic mass is 10.2. The largest absolute Gasteiger partial charge is 0.324 e. The average Bonchev–Trinajstić information content (AvgIpc) is 2.92. The van der Waals surface area contributed by atoms with Crippen molar-refractivity contribution in [2.24, 2.45) is 0 Å². The van der Waals surface area contributed by atoms with Crippen molar-refractivity contribution in [3.8, 4) is 0 Å². The lowest BCUT2D eigenvalue weighted by molar-refractivity contribution is 0.419. The Morgan fingerprint density at radius 2 is 1.77 bits per heavy atom. The Morgan fingerprint density at radius 1 is 1.12 bits per heavy atom. The fourth-order valence-corrected chi connectivity index (χ4v) is 4.41.